The van der Waals surface area contributed by atoms with E-state index in [1.54, 1.807) is 19.4 Å². The highest BCUT2D eigenvalue weighted by molar-refractivity contribution is 14.0. The number of hydrogen-bond acceptors (Lipinski definition) is 7. The summed E-state index contributed by atoms with van der Waals surface area (Å²) in [5, 5.41) is 9.51. The second-order valence-corrected chi connectivity index (χ2v) is 9.59. The van der Waals surface area contributed by atoms with Gasteiger partial charge in [0.2, 0.25) is 5.95 Å². The Kier molecular flexibility index (Phi) is 12.1. The normalized spacial score (nSPS) is 15.5. The molecule has 0 saturated carbocycles. The highest BCUT2D eigenvalue weighted by atomic mass is 127. The van der Waals surface area contributed by atoms with E-state index in [9.17, 15) is 4.79 Å². The molecule has 1 aromatic heterocycles. The van der Waals surface area contributed by atoms with Gasteiger partial charge in [-0.1, -0.05) is 0 Å². The molecule has 1 fully saturated rings. The van der Waals surface area contributed by atoms with E-state index in [0.717, 1.165) is 57.6 Å². The lowest BCUT2D eigenvalue weighted by molar-refractivity contribution is 0.0474. The van der Waals surface area contributed by atoms with Crippen LogP contribution in [0.5, 0.6) is 0 Å². The van der Waals surface area contributed by atoms with Crippen LogP contribution in [-0.2, 0) is 4.74 Å². The Morgan fingerprint density at radius 3 is 2.30 bits per heavy atom. The number of hydrogen-bond donors (Lipinski definition) is 3. The molecule has 33 heavy (non-hydrogen) atoms. The smallest absolute Gasteiger partial charge is 0.408 e. The van der Waals surface area contributed by atoms with Crippen molar-refractivity contribution in [1.82, 2.24) is 30.8 Å². The fraction of sp³-hybridized carbons (Fsp3) is 0.727. The van der Waals surface area contributed by atoms with Crippen LogP contribution in [0.15, 0.2) is 23.5 Å². The number of anilines is 1. The number of carbonyl (C=O) groups excluding carboxylic acids is 1. The second kappa shape index (κ2) is 13.7. The molecule has 3 N–H and O–H groups in total. The Balaban J connectivity index is 0.00000544. The molecular formula is C22H41IN8O2. The van der Waals surface area contributed by atoms with Gasteiger partial charge in [-0.2, -0.15) is 0 Å². The topological polar surface area (TPSA) is 107 Å². The summed E-state index contributed by atoms with van der Waals surface area (Å²) in [6, 6.07) is 1.84. The summed E-state index contributed by atoms with van der Waals surface area (Å²) in [6.45, 7) is 15.7. The number of halogens is 1. The summed E-state index contributed by atoms with van der Waals surface area (Å²) in [5.41, 5.74) is -1.00. The molecule has 0 radical (unpaired) electrons. The van der Waals surface area contributed by atoms with Crippen LogP contribution < -0.4 is 20.9 Å². The van der Waals surface area contributed by atoms with E-state index in [2.05, 4.69) is 40.7 Å². The summed E-state index contributed by atoms with van der Waals surface area (Å²) >= 11 is 0. The minimum Gasteiger partial charge on any atom is -0.444 e. The molecule has 0 aromatic carbocycles. The molecule has 1 aliphatic rings. The van der Waals surface area contributed by atoms with E-state index in [1.807, 2.05) is 40.7 Å². The zero-order valence-corrected chi connectivity index (χ0v) is 23.2. The van der Waals surface area contributed by atoms with Gasteiger partial charge in [-0.3, -0.25) is 9.89 Å². The van der Waals surface area contributed by atoms with E-state index in [4.69, 9.17) is 4.74 Å². The summed E-state index contributed by atoms with van der Waals surface area (Å²) in [6.07, 6.45) is 4.17. The summed E-state index contributed by atoms with van der Waals surface area (Å²) in [7, 11) is 1.74. The summed E-state index contributed by atoms with van der Waals surface area (Å²) in [5.74, 6) is 1.53. The van der Waals surface area contributed by atoms with Crippen molar-refractivity contribution >= 4 is 42.0 Å². The standard InChI is InChI=1S/C22H40N8O2.HI/c1-21(2,3)32-20(31)28-22(4,5)17-27-18(23-6)24-11-8-12-29-13-15-30(16-14-29)19-25-9-7-10-26-19;/h7,9-10H,8,11-17H2,1-6H3,(H,28,31)(H2,23,24,27);1H. The van der Waals surface area contributed by atoms with E-state index in [1.165, 1.54) is 0 Å². The monoisotopic (exact) mass is 576 g/mol. The third kappa shape index (κ3) is 11.7. The van der Waals surface area contributed by atoms with Crippen LogP contribution in [0.1, 0.15) is 41.0 Å². The van der Waals surface area contributed by atoms with E-state index >= 15 is 0 Å². The second-order valence-electron chi connectivity index (χ2n) is 9.59. The fourth-order valence-corrected chi connectivity index (χ4v) is 3.28. The van der Waals surface area contributed by atoms with Crippen molar-refractivity contribution in [3.05, 3.63) is 18.5 Å². The van der Waals surface area contributed by atoms with Crippen molar-refractivity contribution in [2.75, 3.05) is 57.8 Å². The van der Waals surface area contributed by atoms with Crippen LogP contribution in [0.2, 0.25) is 0 Å². The number of nitrogens with zero attached hydrogens (tertiary/aromatic N) is 5. The number of aliphatic imine (C=N–C) groups is 1. The first-order valence-electron chi connectivity index (χ1n) is 11.3. The van der Waals surface area contributed by atoms with Crippen molar-refractivity contribution in [3.63, 3.8) is 0 Å². The lowest BCUT2D eigenvalue weighted by Crippen LogP contribution is -2.54. The summed E-state index contributed by atoms with van der Waals surface area (Å²) < 4.78 is 5.34. The van der Waals surface area contributed by atoms with Gasteiger partial charge in [0.15, 0.2) is 5.96 Å². The molecule has 0 aliphatic carbocycles. The molecule has 2 rings (SSSR count). The van der Waals surface area contributed by atoms with Gasteiger partial charge >= 0.3 is 6.09 Å². The number of aromatic nitrogens is 2. The zero-order valence-electron chi connectivity index (χ0n) is 20.8. The number of rotatable bonds is 8. The predicted molar refractivity (Wildman–Crippen MR) is 144 cm³/mol. The molecule has 1 aromatic rings. The van der Waals surface area contributed by atoms with Crippen molar-refractivity contribution in [2.45, 2.75) is 52.2 Å². The number of carbonyl (C=O) groups is 1. The van der Waals surface area contributed by atoms with Crippen LogP contribution >= 0.6 is 24.0 Å². The number of amides is 1. The Labute approximate surface area is 215 Å². The third-order valence-corrected chi connectivity index (χ3v) is 4.91. The lowest BCUT2D eigenvalue weighted by atomic mass is 10.1. The largest absolute Gasteiger partial charge is 0.444 e. The Morgan fingerprint density at radius 2 is 1.73 bits per heavy atom. The molecule has 0 unspecified atom stereocenters. The maximum atomic E-state index is 12.0. The molecule has 2 heterocycles. The van der Waals surface area contributed by atoms with Crippen molar-refractivity contribution in [2.24, 2.45) is 4.99 Å². The summed E-state index contributed by atoms with van der Waals surface area (Å²) in [4.78, 5) is 29.7. The number of alkyl carbamates (subject to hydrolysis) is 1. The molecule has 11 heteroatoms. The minimum absolute atomic E-state index is 0. The Morgan fingerprint density at radius 1 is 1.09 bits per heavy atom. The molecule has 188 valence electrons. The van der Waals surface area contributed by atoms with Gasteiger partial charge in [0, 0.05) is 58.7 Å². The molecule has 0 bridgehead atoms. The van der Waals surface area contributed by atoms with Gasteiger partial charge in [0.25, 0.3) is 0 Å². The van der Waals surface area contributed by atoms with Crippen LogP contribution in [0.25, 0.3) is 0 Å². The maximum absolute atomic E-state index is 12.0. The highest BCUT2D eigenvalue weighted by Gasteiger charge is 2.25. The molecule has 1 saturated heterocycles. The van der Waals surface area contributed by atoms with E-state index < -0.39 is 17.2 Å². The zero-order chi connectivity index (χ0) is 23.6. The predicted octanol–water partition coefficient (Wildman–Crippen LogP) is 2.07. The van der Waals surface area contributed by atoms with Gasteiger partial charge in [-0.15, -0.1) is 24.0 Å². The number of nitrogens with one attached hydrogen (secondary N) is 3. The van der Waals surface area contributed by atoms with Gasteiger partial charge in [-0.05, 0) is 53.7 Å². The van der Waals surface area contributed by atoms with Crippen LogP contribution in [0.4, 0.5) is 10.7 Å². The van der Waals surface area contributed by atoms with Crippen molar-refractivity contribution in [3.8, 4) is 0 Å². The van der Waals surface area contributed by atoms with Gasteiger partial charge in [-0.25, -0.2) is 14.8 Å². The average molecular weight is 577 g/mol. The number of ether oxygens (including phenoxy) is 1. The SMILES string of the molecule is CN=C(NCCCN1CCN(c2ncccn2)CC1)NCC(C)(C)NC(=O)OC(C)(C)C.I. The average Bonchev–Trinajstić information content (AvgIpc) is 2.72. The fourth-order valence-electron chi connectivity index (χ4n) is 3.28. The van der Waals surface area contributed by atoms with E-state index in [-0.39, 0.29) is 24.0 Å². The maximum Gasteiger partial charge on any atom is 0.408 e. The first-order chi connectivity index (χ1) is 15.1. The van der Waals surface area contributed by atoms with Gasteiger partial charge in [0.1, 0.15) is 5.60 Å². The third-order valence-electron chi connectivity index (χ3n) is 4.91. The molecule has 10 nitrogen and oxygen atoms in total. The molecular weight excluding hydrogens is 535 g/mol. The molecule has 0 spiro atoms. The van der Waals surface area contributed by atoms with Crippen molar-refractivity contribution < 1.29 is 9.53 Å². The Bertz CT molecular complexity index is 732. The minimum atomic E-state index is -0.521. The van der Waals surface area contributed by atoms with Gasteiger partial charge < -0.3 is 25.6 Å². The van der Waals surface area contributed by atoms with Gasteiger partial charge in [0.05, 0.1) is 5.54 Å². The first kappa shape index (κ1) is 29.1. The molecule has 0 atom stereocenters. The van der Waals surface area contributed by atoms with Crippen LogP contribution in [0, 0.1) is 0 Å². The van der Waals surface area contributed by atoms with Crippen molar-refractivity contribution in [1.29, 1.82) is 0 Å². The highest BCUT2D eigenvalue weighted by Crippen LogP contribution is 2.10. The Hall–Kier alpha value is -1.89. The molecule has 1 aliphatic heterocycles. The number of piperazine rings is 1. The first-order valence-corrected chi connectivity index (χ1v) is 11.3. The van der Waals surface area contributed by atoms with E-state index in [0.29, 0.717) is 6.54 Å². The molecule has 1 amide bonds. The van der Waals surface area contributed by atoms with Crippen LogP contribution in [-0.4, -0.2) is 90.9 Å². The quantitative estimate of drug-likeness (QED) is 0.187. The number of guanidine groups is 1. The lowest BCUT2D eigenvalue weighted by Gasteiger charge is -2.34. The van der Waals surface area contributed by atoms with Crippen LogP contribution in [0.3, 0.4) is 0 Å².